The molecule has 1 atom stereocenters. The first-order valence-corrected chi connectivity index (χ1v) is 4.46. The maximum atomic E-state index is 11.6. The van der Waals surface area contributed by atoms with Gasteiger partial charge in [-0.1, -0.05) is 0 Å². The van der Waals surface area contributed by atoms with E-state index in [0.717, 1.165) is 0 Å². The number of allylic oxidation sites excluding steroid dienone is 1. The molecule has 0 amide bonds. The maximum absolute atomic E-state index is 11.6. The lowest BCUT2D eigenvalue weighted by molar-refractivity contribution is -0.115. The van der Waals surface area contributed by atoms with Gasteiger partial charge in [-0.25, -0.2) is 0 Å². The number of ether oxygens (including phenoxy) is 1. The van der Waals surface area contributed by atoms with Gasteiger partial charge in [0.15, 0.2) is 11.7 Å². The van der Waals surface area contributed by atoms with E-state index in [1.165, 1.54) is 20.1 Å². The Balaban J connectivity index is 2.72. The van der Waals surface area contributed by atoms with Gasteiger partial charge in [-0.3, -0.25) is 10.1 Å². The first-order chi connectivity index (χ1) is 7.17. The number of nitrogens with one attached hydrogen (secondary N) is 2. The van der Waals surface area contributed by atoms with Gasteiger partial charge in [-0.15, -0.1) is 4.91 Å². The fraction of sp³-hybridized carbons (Fsp3) is 0.444. The van der Waals surface area contributed by atoms with Gasteiger partial charge in [0.2, 0.25) is 0 Å². The van der Waals surface area contributed by atoms with Crippen LogP contribution in [0.25, 0.3) is 0 Å². The molecule has 0 bridgehead atoms. The summed E-state index contributed by atoms with van der Waals surface area (Å²) < 4.78 is 4.95. The minimum atomic E-state index is -0.474. The molecule has 6 heteroatoms. The third kappa shape index (κ3) is 3.17. The van der Waals surface area contributed by atoms with Crippen LogP contribution < -0.4 is 10.6 Å². The van der Waals surface area contributed by atoms with Crippen molar-refractivity contribution in [1.29, 1.82) is 0 Å². The summed E-state index contributed by atoms with van der Waals surface area (Å²) in [5, 5.41) is 8.46. The van der Waals surface area contributed by atoms with Gasteiger partial charge in [-0.05, 0) is 12.1 Å². The first kappa shape index (κ1) is 11.4. The summed E-state index contributed by atoms with van der Waals surface area (Å²) in [6, 6.07) is -0.474. The second-order valence-electron chi connectivity index (χ2n) is 3.05. The monoisotopic (exact) mass is 211 g/mol. The van der Waals surface area contributed by atoms with E-state index in [9.17, 15) is 9.70 Å². The highest BCUT2D eigenvalue weighted by molar-refractivity contribution is 5.96. The topological polar surface area (TPSA) is 79.8 Å². The second kappa shape index (κ2) is 5.26. The van der Waals surface area contributed by atoms with Crippen molar-refractivity contribution in [2.45, 2.75) is 13.0 Å². The number of methoxy groups -OCH3 is 1. The Kier molecular flexibility index (Phi) is 3.99. The molecule has 0 saturated carbocycles. The molecule has 0 radical (unpaired) electrons. The summed E-state index contributed by atoms with van der Waals surface area (Å²) in [6.45, 7) is 1.92. The van der Waals surface area contributed by atoms with E-state index in [-0.39, 0.29) is 11.5 Å². The zero-order chi connectivity index (χ0) is 11.3. The van der Waals surface area contributed by atoms with E-state index in [4.69, 9.17) is 4.74 Å². The van der Waals surface area contributed by atoms with Gasteiger partial charge in [-0.2, -0.15) is 0 Å². The predicted octanol–water partition coefficient (Wildman–Crippen LogP) is 0.232. The Morgan fingerprint density at radius 1 is 1.73 bits per heavy atom. The molecule has 82 valence electrons. The molecule has 15 heavy (non-hydrogen) atoms. The van der Waals surface area contributed by atoms with Crippen molar-refractivity contribution in [3.05, 3.63) is 28.6 Å². The molecule has 2 N–H and O–H groups in total. The van der Waals surface area contributed by atoms with E-state index in [1.54, 1.807) is 6.08 Å². The Bertz CT molecular complexity index is 323. The minimum absolute atomic E-state index is 0.160. The smallest absolute Gasteiger partial charge is 0.185 e. The van der Waals surface area contributed by atoms with Crippen LogP contribution in [0, 0.1) is 4.91 Å². The standard InChI is InChI=1S/C9H13N3O3/c1-6(12-14)3-8(13)7-4-9(15-2)11-5-10-7/h3-4,7,10-11H,5H2,1-2H3/b6-3-. The van der Waals surface area contributed by atoms with Gasteiger partial charge in [0.05, 0.1) is 25.5 Å². The Labute approximate surface area is 87.3 Å². The van der Waals surface area contributed by atoms with Crippen LogP contribution in [0.15, 0.2) is 28.9 Å². The lowest BCUT2D eigenvalue weighted by atomic mass is 10.1. The Morgan fingerprint density at radius 2 is 2.47 bits per heavy atom. The molecule has 1 heterocycles. The van der Waals surface area contributed by atoms with Crippen LogP contribution >= 0.6 is 0 Å². The minimum Gasteiger partial charge on any atom is -0.483 e. The number of hydrogen-bond donors (Lipinski definition) is 2. The molecule has 0 aliphatic carbocycles. The zero-order valence-electron chi connectivity index (χ0n) is 8.61. The average Bonchev–Trinajstić information content (AvgIpc) is 2.28. The molecule has 0 aromatic rings. The number of nitroso groups, excluding NO2 is 1. The van der Waals surface area contributed by atoms with E-state index in [0.29, 0.717) is 12.6 Å². The summed E-state index contributed by atoms with van der Waals surface area (Å²) in [7, 11) is 1.51. The number of nitrogens with zero attached hydrogens (tertiary/aromatic N) is 1. The van der Waals surface area contributed by atoms with Crippen LogP contribution in [0.1, 0.15) is 6.92 Å². The molecular weight excluding hydrogens is 198 g/mol. The van der Waals surface area contributed by atoms with Gasteiger partial charge in [0, 0.05) is 12.2 Å². The van der Waals surface area contributed by atoms with Crippen LogP contribution in [0.4, 0.5) is 0 Å². The normalized spacial score (nSPS) is 21.3. The molecule has 0 aromatic carbocycles. The fourth-order valence-corrected chi connectivity index (χ4v) is 1.16. The largest absolute Gasteiger partial charge is 0.483 e. The highest BCUT2D eigenvalue weighted by atomic mass is 16.5. The number of carbonyl (C=O) groups is 1. The van der Waals surface area contributed by atoms with Crippen molar-refractivity contribution in [3.8, 4) is 0 Å². The van der Waals surface area contributed by atoms with Gasteiger partial charge in [0.25, 0.3) is 0 Å². The van der Waals surface area contributed by atoms with E-state index >= 15 is 0 Å². The van der Waals surface area contributed by atoms with Crippen molar-refractivity contribution >= 4 is 5.78 Å². The van der Waals surface area contributed by atoms with Gasteiger partial charge in [0.1, 0.15) is 0 Å². The average molecular weight is 211 g/mol. The molecule has 6 nitrogen and oxygen atoms in total. The molecule has 1 aliphatic rings. The molecule has 0 spiro atoms. The molecule has 0 saturated heterocycles. The fourth-order valence-electron chi connectivity index (χ4n) is 1.16. The third-order valence-corrected chi connectivity index (χ3v) is 1.92. The summed E-state index contributed by atoms with van der Waals surface area (Å²) in [6.07, 6.45) is 2.82. The van der Waals surface area contributed by atoms with Gasteiger partial charge < -0.3 is 10.1 Å². The van der Waals surface area contributed by atoms with Crippen molar-refractivity contribution in [2.75, 3.05) is 13.8 Å². The molecule has 0 fully saturated rings. The predicted molar refractivity (Wildman–Crippen MR) is 54.6 cm³/mol. The summed E-state index contributed by atoms with van der Waals surface area (Å²) in [4.78, 5) is 21.7. The Hall–Kier alpha value is -1.69. The van der Waals surface area contributed by atoms with Crippen LogP contribution in [0.5, 0.6) is 0 Å². The second-order valence-corrected chi connectivity index (χ2v) is 3.05. The number of rotatable bonds is 4. The van der Waals surface area contributed by atoms with Crippen molar-refractivity contribution in [2.24, 2.45) is 5.18 Å². The van der Waals surface area contributed by atoms with Crippen molar-refractivity contribution in [3.63, 3.8) is 0 Å². The number of hydrogen-bond acceptors (Lipinski definition) is 6. The molecule has 1 rings (SSSR count). The molecule has 1 unspecified atom stereocenters. The van der Waals surface area contributed by atoms with Crippen molar-refractivity contribution < 1.29 is 9.53 Å². The highest BCUT2D eigenvalue weighted by Gasteiger charge is 2.18. The molecule has 0 aromatic heterocycles. The summed E-state index contributed by atoms with van der Waals surface area (Å²) >= 11 is 0. The zero-order valence-corrected chi connectivity index (χ0v) is 8.61. The van der Waals surface area contributed by atoms with Crippen molar-refractivity contribution in [1.82, 2.24) is 10.6 Å². The molecule has 1 aliphatic heterocycles. The maximum Gasteiger partial charge on any atom is 0.185 e. The van der Waals surface area contributed by atoms with E-state index in [1.807, 2.05) is 0 Å². The van der Waals surface area contributed by atoms with Crippen LogP contribution in [-0.4, -0.2) is 25.6 Å². The molecular formula is C9H13N3O3. The third-order valence-electron chi connectivity index (χ3n) is 1.92. The van der Waals surface area contributed by atoms with E-state index in [2.05, 4.69) is 15.8 Å². The summed E-state index contributed by atoms with van der Waals surface area (Å²) in [5.41, 5.74) is 0.160. The first-order valence-electron chi connectivity index (χ1n) is 4.46. The van der Waals surface area contributed by atoms with Gasteiger partial charge >= 0.3 is 0 Å². The Morgan fingerprint density at radius 3 is 3.07 bits per heavy atom. The quantitative estimate of drug-likeness (QED) is 0.514. The van der Waals surface area contributed by atoms with Crippen LogP contribution in [0.3, 0.4) is 0 Å². The number of ketones is 1. The van der Waals surface area contributed by atoms with E-state index < -0.39 is 6.04 Å². The highest BCUT2D eigenvalue weighted by Crippen LogP contribution is 2.03. The van der Waals surface area contributed by atoms with Crippen LogP contribution in [0.2, 0.25) is 0 Å². The lowest BCUT2D eigenvalue weighted by Crippen LogP contribution is -2.45. The lowest BCUT2D eigenvalue weighted by Gasteiger charge is -2.21. The number of carbonyl (C=O) groups excluding carboxylic acids is 1. The SMILES string of the molecule is COC1=CC(C(=O)/C=C(/C)N=O)NCN1. The summed E-state index contributed by atoms with van der Waals surface area (Å²) in [5.74, 6) is 0.320. The van der Waals surface area contributed by atoms with Crippen LogP contribution in [-0.2, 0) is 9.53 Å².